The second-order valence-corrected chi connectivity index (χ2v) is 5.59. The van der Waals surface area contributed by atoms with Crippen LogP contribution in [0, 0.1) is 5.92 Å². The molecule has 1 N–H and O–H groups in total. The molecular formula is C14H25N3O. The molecule has 0 saturated heterocycles. The fourth-order valence-electron chi connectivity index (χ4n) is 2.76. The molecule has 0 radical (unpaired) electrons. The lowest BCUT2D eigenvalue weighted by atomic mass is 10.2. The van der Waals surface area contributed by atoms with E-state index in [1.807, 2.05) is 19.6 Å². The molecule has 1 aliphatic rings. The molecular weight excluding hydrogens is 226 g/mol. The van der Waals surface area contributed by atoms with Crippen LogP contribution in [0.5, 0.6) is 0 Å². The minimum atomic E-state index is 0.350. The van der Waals surface area contributed by atoms with Gasteiger partial charge in [0.05, 0.1) is 24.2 Å². The van der Waals surface area contributed by atoms with Gasteiger partial charge in [0, 0.05) is 19.9 Å². The summed E-state index contributed by atoms with van der Waals surface area (Å²) in [5, 5.41) is 3.48. The van der Waals surface area contributed by atoms with Gasteiger partial charge in [0.1, 0.15) is 0 Å². The first kappa shape index (κ1) is 13.6. The normalized spacial score (nSPS) is 24.0. The standard InChI is InChI=1S/C14H25N3O/c1-11(2)7-15-8-12-9-16-10-17(12)13-5-4-6-14(13)18-3/h9-11,13-15H,4-8H2,1-3H3. The van der Waals surface area contributed by atoms with E-state index in [0.29, 0.717) is 18.1 Å². The Morgan fingerprint density at radius 3 is 3.06 bits per heavy atom. The number of nitrogens with zero attached hydrogens (tertiary/aromatic N) is 2. The summed E-state index contributed by atoms with van der Waals surface area (Å²) in [4.78, 5) is 4.30. The Balaban J connectivity index is 1.98. The average Bonchev–Trinajstić information content (AvgIpc) is 2.95. The number of hydrogen-bond donors (Lipinski definition) is 1. The molecule has 1 aromatic heterocycles. The van der Waals surface area contributed by atoms with Crippen LogP contribution in [-0.4, -0.2) is 29.3 Å². The van der Waals surface area contributed by atoms with Gasteiger partial charge in [-0.25, -0.2) is 4.98 Å². The molecule has 18 heavy (non-hydrogen) atoms. The maximum atomic E-state index is 5.58. The minimum Gasteiger partial charge on any atom is -0.379 e. The van der Waals surface area contributed by atoms with Crippen LogP contribution in [0.3, 0.4) is 0 Å². The number of rotatable bonds is 6. The molecule has 0 aliphatic heterocycles. The van der Waals surface area contributed by atoms with Crippen molar-refractivity contribution in [1.29, 1.82) is 0 Å². The van der Waals surface area contributed by atoms with E-state index in [1.54, 1.807) is 0 Å². The van der Waals surface area contributed by atoms with Gasteiger partial charge in [-0.3, -0.25) is 0 Å². The molecule has 0 amide bonds. The monoisotopic (exact) mass is 251 g/mol. The fourth-order valence-corrected chi connectivity index (χ4v) is 2.76. The summed E-state index contributed by atoms with van der Waals surface area (Å²) < 4.78 is 7.88. The van der Waals surface area contributed by atoms with E-state index in [0.717, 1.165) is 19.5 Å². The zero-order valence-electron chi connectivity index (χ0n) is 11.7. The number of imidazole rings is 1. The summed E-state index contributed by atoms with van der Waals surface area (Å²) in [6.45, 7) is 6.39. The van der Waals surface area contributed by atoms with Crippen molar-refractivity contribution in [1.82, 2.24) is 14.9 Å². The van der Waals surface area contributed by atoms with Crippen LogP contribution in [0.15, 0.2) is 12.5 Å². The molecule has 0 aromatic carbocycles. The third-order valence-corrected chi connectivity index (χ3v) is 3.68. The van der Waals surface area contributed by atoms with Crippen molar-refractivity contribution >= 4 is 0 Å². The van der Waals surface area contributed by atoms with Crippen molar-refractivity contribution in [2.75, 3.05) is 13.7 Å². The Bertz CT molecular complexity index is 362. The Kier molecular flexibility index (Phi) is 4.78. The number of aromatic nitrogens is 2. The van der Waals surface area contributed by atoms with Gasteiger partial charge >= 0.3 is 0 Å². The lowest BCUT2D eigenvalue weighted by Crippen LogP contribution is -2.25. The fraction of sp³-hybridized carbons (Fsp3) is 0.786. The average molecular weight is 251 g/mol. The SMILES string of the molecule is COC1CCCC1n1cncc1CNCC(C)C. The zero-order chi connectivity index (χ0) is 13.0. The van der Waals surface area contributed by atoms with Crippen LogP contribution in [0.1, 0.15) is 44.8 Å². The molecule has 1 aliphatic carbocycles. The Hall–Kier alpha value is -0.870. The minimum absolute atomic E-state index is 0.350. The first-order valence-electron chi connectivity index (χ1n) is 6.96. The topological polar surface area (TPSA) is 39.1 Å². The first-order chi connectivity index (χ1) is 8.72. The highest BCUT2D eigenvalue weighted by Crippen LogP contribution is 2.32. The van der Waals surface area contributed by atoms with Gasteiger partial charge in [-0.1, -0.05) is 13.8 Å². The molecule has 2 unspecified atom stereocenters. The highest BCUT2D eigenvalue weighted by Gasteiger charge is 2.29. The van der Waals surface area contributed by atoms with E-state index in [-0.39, 0.29) is 0 Å². The smallest absolute Gasteiger partial charge is 0.0952 e. The summed E-state index contributed by atoms with van der Waals surface area (Å²) in [6, 6.07) is 0.466. The van der Waals surface area contributed by atoms with Crippen LogP contribution in [0.2, 0.25) is 0 Å². The lowest BCUT2D eigenvalue weighted by molar-refractivity contribution is 0.0739. The van der Waals surface area contributed by atoms with Crippen molar-refractivity contribution in [2.24, 2.45) is 5.92 Å². The molecule has 4 nitrogen and oxygen atoms in total. The second kappa shape index (κ2) is 6.34. The molecule has 2 rings (SSSR count). The van der Waals surface area contributed by atoms with Crippen molar-refractivity contribution in [3.8, 4) is 0 Å². The summed E-state index contributed by atoms with van der Waals surface area (Å²) >= 11 is 0. The van der Waals surface area contributed by atoms with E-state index in [4.69, 9.17) is 4.74 Å². The molecule has 1 fully saturated rings. The highest BCUT2D eigenvalue weighted by atomic mass is 16.5. The highest BCUT2D eigenvalue weighted by molar-refractivity contribution is 5.02. The zero-order valence-corrected chi connectivity index (χ0v) is 11.7. The molecule has 1 aromatic rings. The maximum absolute atomic E-state index is 5.58. The maximum Gasteiger partial charge on any atom is 0.0952 e. The van der Waals surface area contributed by atoms with Gasteiger partial charge in [-0.05, 0) is 31.7 Å². The Labute approximate surface area is 110 Å². The molecule has 1 heterocycles. The van der Waals surface area contributed by atoms with Gasteiger partial charge in [0.2, 0.25) is 0 Å². The van der Waals surface area contributed by atoms with Gasteiger partial charge < -0.3 is 14.6 Å². The quantitative estimate of drug-likeness (QED) is 0.843. The lowest BCUT2D eigenvalue weighted by Gasteiger charge is -2.22. The van der Waals surface area contributed by atoms with E-state index >= 15 is 0 Å². The van der Waals surface area contributed by atoms with Gasteiger partial charge in [0.25, 0.3) is 0 Å². The molecule has 4 heteroatoms. The predicted octanol–water partition coefficient (Wildman–Crippen LogP) is 2.37. The number of ether oxygens (including phenoxy) is 1. The van der Waals surface area contributed by atoms with Crippen LogP contribution in [0.4, 0.5) is 0 Å². The van der Waals surface area contributed by atoms with Gasteiger partial charge in [-0.2, -0.15) is 0 Å². The number of nitrogens with one attached hydrogen (secondary N) is 1. The molecule has 102 valence electrons. The van der Waals surface area contributed by atoms with E-state index in [1.165, 1.54) is 18.5 Å². The second-order valence-electron chi connectivity index (χ2n) is 5.59. The van der Waals surface area contributed by atoms with Gasteiger partial charge in [0.15, 0.2) is 0 Å². The summed E-state index contributed by atoms with van der Waals surface area (Å²) in [5.41, 5.74) is 1.27. The molecule has 0 bridgehead atoms. The first-order valence-corrected chi connectivity index (χ1v) is 6.96. The van der Waals surface area contributed by atoms with Gasteiger partial charge in [-0.15, -0.1) is 0 Å². The van der Waals surface area contributed by atoms with Crippen molar-refractivity contribution < 1.29 is 4.74 Å². The van der Waals surface area contributed by atoms with Crippen LogP contribution < -0.4 is 5.32 Å². The Morgan fingerprint density at radius 1 is 1.50 bits per heavy atom. The number of hydrogen-bond acceptors (Lipinski definition) is 3. The Morgan fingerprint density at radius 2 is 2.33 bits per heavy atom. The summed E-state index contributed by atoms with van der Waals surface area (Å²) in [5.74, 6) is 0.680. The molecule has 1 saturated carbocycles. The van der Waals surface area contributed by atoms with E-state index < -0.39 is 0 Å². The van der Waals surface area contributed by atoms with Crippen LogP contribution >= 0.6 is 0 Å². The van der Waals surface area contributed by atoms with Crippen LogP contribution in [-0.2, 0) is 11.3 Å². The predicted molar refractivity (Wildman–Crippen MR) is 72.5 cm³/mol. The number of methoxy groups -OCH3 is 1. The summed E-state index contributed by atoms with van der Waals surface area (Å²) in [7, 11) is 1.82. The summed E-state index contributed by atoms with van der Waals surface area (Å²) in [6.07, 6.45) is 7.89. The van der Waals surface area contributed by atoms with Crippen LogP contribution in [0.25, 0.3) is 0 Å². The third-order valence-electron chi connectivity index (χ3n) is 3.68. The molecule has 2 atom stereocenters. The van der Waals surface area contributed by atoms with E-state index in [9.17, 15) is 0 Å². The largest absolute Gasteiger partial charge is 0.379 e. The van der Waals surface area contributed by atoms with Crippen molar-refractivity contribution in [3.05, 3.63) is 18.2 Å². The van der Waals surface area contributed by atoms with Crippen molar-refractivity contribution in [3.63, 3.8) is 0 Å². The molecule has 0 spiro atoms. The van der Waals surface area contributed by atoms with E-state index in [2.05, 4.69) is 28.7 Å². The third kappa shape index (κ3) is 3.12. The van der Waals surface area contributed by atoms with Crippen molar-refractivity contribution in [2.45, 2.75) is 51.8 Å².